The van der Waals surface area contributed by atoms with Crippen molar-refractivity contribution >= 4 is 49.7 Å². The van der Waals surface area contributed by atoms with Crippen molar-refractivity contribution in [1.29, 1.82) is 0 Å². The summed E-state index contributed by atoms with van der Waals surface area (Å²) in [6.45, 7) is 0.138. The summed E-state index contributed by atoms with van der Waals surface area (Å²) in [5.41, 5.74) is -0.645. The van der Waals surface area contributed by atoms with Crippen LogP contribution in [0.3, 0.4) is 0 Å². The Morgan fingerprint density at radius 1 is 1.36 bits per heavy atom. The number of hydrogen-bond acceptors (Lipinski definition) is 5. The molecule has 1 aromatic carbocycles. The van der Waals surface area contributed by atoms with Gasteiger partial charge in [-0.15, -0.1) is 0 Å². The molecule has 0 saturated heterocycles. The number of aliphatic hydroxyl groups is 1. The predicted molar refractivity (Wildman–Crippen MR) is 104 cm³/mol. The standard InChI is InChI=1S/C15H14BrIN4O4/c1-20-12-11(13(23)19-15(20)24)21(14(16)18-12)6-9(22)7-25-10-4-2-8(17)3-5-10/h2-5,9,22H,6-7H2,1H3,(H,19,23,24). The van der Waals surface area contributed by atoms with E-state index in [0.29, 0.717) is 10.5 Å². The summed E-state index contributed by atoms with van der Waals surface area (Å²) in [7, 11) is 1.51. The highest BCUT2D eigenvalue weighted by atomic mass is 127. The molecule has 2 N–H and O–H groups in total. The lowest BCUT2D eigenvalue weighted by Crippen LogP contribution is -2.30. The zero-order valence-electron chi connectivity index (χ0n) is 13.1. The second-order valence-corrected chi connectivity index (χ2v) is 7.36. The minimum Gasteiger partial charge on any atom is -0.491 e. The number of aliphatic hydroxyl groups excluding tert-OH is 1. The monoisotopic (exact) mass is 520 g/mol. The molecule has 3 aromatic rings. The molecule has 0 fully saturated rings. The Bertz CT molecular complexity index is 1020. The van der Waals surface area contributed by atoms with Gasteiger partial charge in [-0.3, -0.25) is 14.3 Å². The van der Waals surface area contributed by atoms with Crippen LogP contribution in [-0.2, 0) is 13.6 Å². The van der Waals surface area contributed by atoms with E-state index in [4.69, 9.17) is 4.74 Å². The van der Waals surface area contributed by atoms with Crippen molar-refractivity contribution < 1.29 is 9.84 Å². The third kappa shape index (κ3) is 3.80. The molecule has 0 spiro atoms. The van der Waals surface area contributed by atoms with E-state index in [9.17, 15) is 14.7 Å². The average Bonchev–Trinajstić information content (AvgIpc) is 2.89. The Hall–Kier alpha value is -1.66. The molecule has 2 aromatic heterocycles. The smallest absolute Gasteiger partial charge is 0.329 e. The number of hydrogen-bond donors (Lipinski definition) is 2. The number of rotatable bonds is 5. The fourth-order valence-corrected chi connectivity index (χ4v) is 3.21. The van der Waals surface area contributed by atoms with Crippen LogP contribution in [0.15, 0.2) is 38.6 Å². The Morgan fingerprint density at radius 3 is 2.72 bits per heavy atom. The molecule has 0 bridgehead atoms. The molecule has 0 aliphatic heterocycles. The minimum absolute atomic E-state index is 0.0520. The molecular formula is C15H14BrIN4O4. The number of H-pyrrole nitrogens is 1. The summed E-state index contributed by atoms with van der Waals surface area (Å²) in [6, 6.07) is 7.44. The van der Waals surface area contributed by atoms with Gasteiger partial charge in [0.15, 0.2) is 15.9 Å². The quantitative estimate of drug-likeness (QED) is 0.389. The van der Waals surface area contributed by atoms with Gasteiger partial charge < -0.3 is 14.4 Å². The summed E-state index contributed by atoms with van der Waals surface area (Å²) in [6.07, 6.45) is -0.871. The van der Waals surface area contributed by atoms with Crippen LogP contribution in [0.4, 0.5) is 0 Å². The first-order valence-electron chi connectivity index (χ1n) is 7.28. The van der Waals surface area contributed by atoms with Crippen LogP contribution >= 0.6 is 38.5 Å². The lowest BCUT2D eigenvalue weighted by atomic mass is 10.3. The van der Waals surface area contributed by atoms with Gasteiger partial charge in [0.2, 0.25) is 0 Å². The third-order valence-electron chi connectivity index (χ3n) is 3.61. The SMILES string of the molecule is Cn1c(=O)[nH]c(=O)c2c1nc(Br)n2CC(O)COc1ccc(I)cc1. The van der Waals surface area contributed by atoms with E-state index in [1.165, 1.54) is 16.2 Å². The van der Waals surface area contributed by atoms with Crippen LogP contribution in [0.2, 0.25) is 0 Å². The van der Waals surface area contributed by atoms with E-state index in [0.717, 1.165) is 3.57 Å². The molecule has 10 heteroatoms. The summed E-state index contributed by atoms with van der Waals surface area (Å²) < 4.78 is 9.74. The van der Waals surface area contributed by atoms with Crippen molar-refractivity contribution in [3.8, 4) is 5.75 Å². The first-order valence-corrected chi connectivity index (χ1v) is 9.15. The summed E-state index contributed by atoms with van der Waals surface area (Å²) in [4.78, 5) is 30.2. The Balaban J connectivity index is 1.81. The number of fused-ring (bicyclic) bond motifs is 1. The molecule has 0 saturated carbocycles. The third-order valence-corrected chi connectivity index (χ3v) is 4.93. The minimum atomic E-state index is -0.871. The zero-order chi connectivity index (χ0) is 18.1. The van der Waals surface area contributed by atoms with Gasteiger partial charge in [0.1, 0.15) is 18.5 Å². The molecule has 3 rings (SSSR count). The van der Waals surface area contributed by atoms with Crippen LogP contribution in [0.5, 0.6) is 5.75 Å². The van der Waals surface area contributed by atoms with Crippen LogP contribution in [0, 0.1) is 3.57 Å². The number of benzene rings is 1. The molecule has 8 nitrogen and oxygen atoms in total. The van der Waals surface area contributed by atoms with Crippen molar-refractivity contribution in [3.05, 3.63) is 53.4 Å². The van der Waals surface area contributed by atoms with Gasteiger partial charge in [-0.05, 0) is 62.8 Å². The average molecular weight is 521 g/mol. The van der Waals surface area contributed by atoms with Crippen LogP contribution in [-0.4, -0.2) is 36.9 Å². The normalized spacial score (nSPS) is 12.5. The van der Waals surface area contributed by atoms with E-state index >= 15 is 0 Å². The molecule has 0 amide bonds. The number of ether oxygens (including phenoxy) is 1. The van der Waals surface area contributed by atoms with Gasteiger partial charge in [-0.1, -0.05) is 0 Å². The Labute approximate surface area is 163 Å². The molecule has 2 heterocycles. The van der Waals surface area contributed by atoms with Gasteiger partial charge >= 0.3 is 5.69 Å². The lowest BCUT2D eigenvalue weighted by Gasteiger charge is -2.14. The Kier molecular flexibility index (Phi) is 5.29. The molecule has 1 atom stereocenters. The summed E-state index contributed by atoms with van der Waals surface area (Å²) in [5, 5.41) is 10.3. The maximum atomic E-state index is 12.1. The molecule has 0 radical (unpaired) electrons. The van der Waals surface area contributed by atoms with E-state index in [2.05, 4.69) is 48.5 Å². The zero-order valence-corrected chi connectivity index (χ0v) is 16.8. The fraction of sp³-hybridized carbons (Fsp3) is 0.267. The van der Waals surface area contributed by atoms with Crippen molar-refractivity contribution in [3.63, 3.8) is 0 Å². The van der Waals surface area contributed by atoms with E-state index < -0.39 is 17.4 Å². The summed E-state index contributed by atoms with van der Waals surface area (Å²) in [5.74, 6) is 0.647. The highest BCUT2D eigenvalue weighted by Gasteiger charge is 2.18. The van der Waals surface area contributed by atoms with Crippen LogP contribution < -0.4 is 16.0 Å². The fourth-order valence-electron chi connectivity index (χ4n) is 2.36. The maximum absolute atomic E-state index is 12.1. The highest BCUT2D eigenvalue weighted by Crippen LogP contribution is 2.17. The largest absolute Gasteiger partial charge is 0.491 e. The van der Waals surface area contributed by atoms with Crippen LogP contribution in [0.1, 0.15) is 0 Å². The molecule has 0 aliphatic rings. The van der Waals surface area contributed by atoms with Crippen molar-refractivity contribution in [2.75, 3.05) is 6.61 Å². The molecular weight excluding hydrogens is 507 g/mol. The number of imidazole rings is 1. The topological polar surface area (TPSA) is 102 Å². The highest BCUT2D eigenvalue weighted by molar-refractivity contribution is 14.1. The van der Waals surface area contributed by atoms with Crippen molar-refractivity contribution in [1.82, 2.24) is 19.1 Å². The lowest BCUT2D eigenvalue weighted by molar-refractivity contribution is 0.0928. The van der Waals surface area contributed by atoms with Crippen molar-refractivity contribution in [2.24, 2.45) is 7.05 Å². The molecule has 25 heavy (non-hydrogen) atoms. The van der Waals surface area contributed by atoms with Crippen molar-refractivity contribution in [2.45, 2.75) is 12.6 Å². The first-order chi connectivity index (χ1) is 11.9. The number of nitrogens with one attached hydrogen (secondary N) is 1. The number of halogens is 2. The molecule has 0 aliphatic carbocycles. The number of nitrogens with zero attached hydrogens (tertiary/aromatic N) is 3. The molecule has 1 unspecified atom stereocenters. The second kappa shape index (κ2) is 7.30. The number of aryl methyl sites for hydroxylation is 1. The predicted octanol–water partition coefficient (Wildman–Crippen LogP) is 1.23. The van der Waals surface area contributed by atoms with E-state index in [1.54, 1.807) is 0 Å². The first kappa shape index (κ1) is 18.1. The van der Waals surface area contributed by atoms with E-state index in [-0.39, 0.29) is 24.3 Å². The number of aromatic nitrogens is 4. The van der Waals surface area contributed by atoms with Gasteiger partial charge in [-0.25, -0.2) is 9.78 Å². The van der Waals surface area contributed by atoms with Crippen LogP contribution in [0.25, 0.3) is 11.2 Å². The second-order valence-electron chi connectivity index (χ2n) is 5.40. The maximum Gasteiger partial charge on any atom is 0.329 e. The number of aromatic amines is 1. The van der Waals surface area contributed by atoms with Gasteiger partial charge in [0.05, 0.1) is 6.54 Å². The van der Waals surface area contributed by atoms with Gasteiger partial charge in [0, 0.05) is 10.6 Å². The molecule has 132 valence electrons. The van der Waals surface area contributed by atoms with Gasteiger partial charge in [-0.2, -0.15) is 0 Å². The Morgan fingerprint density at radius 2 is 2.04 bits per heavy atom. The summed E-state index contributed by atoms with van der Waals surface area (Å²) >= 11 is 5.46. The van der Waals surface area contributed by atoms with E-state index in [1.807, 2.05) is 24.3 Å². The van der Waals surface area contributed by atoms with Gasteiger partial charge in [0.25, 0.3) is 5.56 Å².